The normalized spacial score (nSPS) is 14.5. The number of carbonyl (C=O) groups excluding carboxylic acids is 1. The molecule has 2 aromatic carbocycles. The summed E-state index contributed by atoms with van der Waals surface area (Å²) >= 11 is 0. The molecule has 11 heteroatoms. The minimum Gasteiger partial charge on any atom is -0.481 e. The van der Waals surface area contributed by atoms with Crippen molar-refractivity contribution in [3.63, 3.8) is 0 Å². The fraction of sp³-hybridized carbons (Fsp3) is 0.438. The largest absolute Gasteiger partial charge is 0.481 e. The van der Waals surface area contributed by atoms with E-state index in [1.807, 2.05) is 53.4 Å². The Labute approximate surface area is 251 Å². The van der Waals surface area contributed by atoms with Crippen molar-refractivity contribution in [2.75, 3.05) is 65.8 Å². The van der Waals surface area contributed by atoms with Gasteiger partial charge >= 0.3 is 5.97 Å². The lowest BCUT2D eigenvalue weighted by molar-refractivity contribution is -0.136. The van der Waals surface area contributed by atoms with Crippen molar-refractivity contribution in [2.45, 2.75) is 32.4 Å². The second-order valence-corrected chi connectivity index (χ2v) is 11.3. The Morgan fingerprint density at radius 3 is 2.47 bits per heavy atom. The number of carboxylic acid groups (broad SMARTS) is 1. The molecule has 5 rings (SSSR count). The number of amides is 1. The number of aromatic nitrogens is 3. The van der Waals surface area contributed by atoms with E-state index in [9.17, 15) is 9.59 Å². The van der Waals surface area contributed by atoms with E-state index in [-0.39, 0.29) is 12.3 Å². The summed E-state index contributed by atoms with van der Waals surface area (Å²) < 4.78 is 7.58. The minimum atomic E-state index is -0.862. The summed E-state index contributed by atoms with van der Waals surface area (Å²) in [6, 6.07) is 15.4. The first-order valence-electron chi connectivity index (χ1n) is 14.8. The Balaban J connectivity index is 1.37. The molecule has 1 amide bonds. The first-order chi connectivity index (χ1) is 20.8. The van der Waals surface area contributed by atoms with Crippen LogP contribution in [-0.4, -0.2) is 106 Å². The number of pyridine rings is 1. The second-order valence-electron chi connectivity index (χ2n) is 11.3. The van der Waals surface area contributed by atoms with Crippen molar-refractivity contribution in [3.8, 4) is 0 Å². The van der Waals surface area contributed by atoms with E-state index in [1.54, 1.807) is 7.11 Å². The van der Waals surface area contributed by atoms with Gasteiger partial charge in [-0.2, -0.15) is 0 Å². The molecule has 228 valence electrons. The van der Waals surface area contributed by atoms with Gasteiger partial charge in [0, 0.05) is 64.7 Å². The van der Waals surface area contributed by atoms with Gasteiger partial charge in [-0.1, -0.05) is 42.5 Å². The van der Waals surface area contributed by atoms with Crippen LogP contribution in [0.1, 0.15) is 23.4 Å². The number of carboxylic acids is 1. The van der Waals surface area contributed by atoms with E-state index >= 15 is 0 Å². The number of fused-ring (bicyclic) bond motifs is 3. The average Bonchev–Trinajstić information content (AvgIpc) is 3.36. The molecule has 3 N–H and O–H groups in total. The van der Waals surface area contributed by atoms with Crippen molar-refractivity contribution in [1.82, 2.24) is 29.2 Å². The molecule has 0 unspecified atom stereocenters. The van der Waals surface area contributed by atoms with Gasteiger partial charge in [0.05, 0.1) is 30.6 Å². The van der Waals surface area contributed by atoms with Gasteiger partial charge in [-0.15, -0.1) is 0 Å². The summed E-state index contributed by atoms with van der Waals surface area (Å²) in [6.45, 7) is 6.21. The molecule has 11 nitrogen and oxygen atoms in total. The van der Waals surface area contributed by atoms with Crippen LogP contribution in [0.5, 0.6) is 0 Å². The number of para-hydroxylation sites is 1. The highest BCUT2D eigenvalue weighted by atomic mass is 16.5. The number of methoxy groups -OCH3 is 1. The van der Waals surface area contributed by atoms with Gasteiger partial charge in [-0.3, -0.25) is 14.5 Å². The van der Waals surface area contributed by atoms with Crippen molar-refractivity contribution >= 4 is 39.6 Å². The zero-order chi connectivity index (χ0) is 30.3. The minimum absolute atomic E-state index is 0.0225. The highest BCUT2D eigenvalue weighted by Gasteiger charge is 2.22. The molecule has 0 aliphatic carbocycles. The lowest BCUT2D eigenvalue weighted by Crippen LogP contribution is -2.49. The maximum Gasteiger partial charge on any atom is 0.307 e. The molecule has 4 aromatic rings. The zero-order valence-corrected chi connectivity index (χ0v) is 25.0. The van der Waals surface area contributed by atoms with E-state index in [0.717, 1.165) is 59.5 Å². The van der Waals surface area contributed by atoms with Crippen LogP contribution in [0.25, 0.3) is 21.9 Å². The molecule has 0 bridgehead atoms. The molecular formula is C32H41N7O4. The number of likely N-dealkylation sites (N-methyl/N-ethyl adjacent to an activating group) is 1. The van der Waals surface area contributed by atoms with Crippen LogP contribution in [0, 0.1) is 0 Å². The summed E-state index contributed by atoms with van der Waals surface area (Å²) in [5.74, 6) is 0.513. The topological polar surface area (TPSA) is 130 Å². The molecule has 0 spiro atoms. The van der Waals surface area contributed by atoms with Crippen LogP contribution in [-0.2, 0) is 40.3 Å². The maximum atomic E-state index is 13.7. The third-order valence-electron chi connectivity index (χ3n) is 8.09. The number of rotatable bonds is 13. The quantitative estimate of drug-likeness (QED) is 0.242. The van der Waals surface area contributed by atoms with Crippen molar-refractivity contribution in [3.05, 3.63) is 65.5 Å². The lowest BCUT2D eigenvalue weighted by atomic mass is 10.1. The van der Waals surface area contributed by atoms with Crippen molar-refractivity contribution in [2.24, 2.45) is 0 Å². The van der Waals surface area contributed by atoms with Crippen LogP contribution < -0.4 is 5.73 Å². The first kappa shape index (κ1) is 30.4. The fourth-order valence-corrected chi connectivity index (χ4v) is 5.70. The van der Waals surface area contributed by atoms with Crippen LogP contribution in [0.2, 0.25) is 0 Å². The number of nitrogens with two attached hydrogens (primary N) is 1. The highest BCUT2D eigenvalue weighted by molar-refractivity contribution is 6.06. The molecule has 1 aliphatic rings. The Morgan fingerprint density at radius 2 is 1.74 bits per heavy atom. The molecule has 0 atom stereocenters. The average molecular weight is 588 g/mol. The Kier molecular flexibility index (Phi) is 9.86. The Morgan fingerprint density at radius 1 is 1.02 bits per heavy atom. The molecule has 1 aliphatic heterocycles. The first-order valence-corrected chi connectivity index (χ1v) is 14.8. The van der Waals surface area contributed by atoms with Gasteiger partial charge in [0.15, 0.2) is 5.82 Å². The standard InChI is InChI=1S/C32H41N7O4/c1-36-15-17-37(18-16-36)22-28(40)38(21-24-10-8-23(9-11-24)20-29(41)42)13-5-14-39-27(12-19-43-2)35-30-31(39)25-6-3-4-7-26(25)34-32(30)33/h3-4,6-11H,5,12-22H2,1-2H3,(H2,33,34)(H,41,42). The number of nitrogens with zero attached hydrogens (tertiary/aromatic N) is 6. The number of piperazine rings is 1. The monoisotopic (exact) mass is 587 g/mol. The number of anilines is 1. The van der Waals surface area contributed by atoms with E-state index < -0.39 is 5.97 Å². The predicted molar refractivity (Wildman–Crippen MR) is 167 cm³/mol. The molecule has 1 saturated heterocycles. The van der Waals surface area contributed by atoms with Crippen LogP contribution in [0.3, 0.4) is 0 Å². The molecular weight excluding hydrogens is 546 g/mol. The number of imidazole rings is 1. The number of benzene rings is 2. The van der Waals surface area contributed by atoms with Gasteiger partial charge < -0.3 is 29.9 Å². The summed E-state index contributed by atoms with van der Waals surface area (Å²) in [5.41, 5.74) is 10.5. The van der Waals surface area contributed by atoms with E-state index in [1.165, 1.54) is 0 Å². The van der Waals surface area contributed by atoms with Crippen LogP contribution in [0.15, 0.2) is 48.5 Å². The molecule has 1 fully saturated rings. The molecule has 3 heterocycles. The summed E-state index contributed by atoms with van der Waals surface area (Å²) in [6.07, 6.45) is 1.33. The SMILES string of the molecule is COCCc1nc2c(N)nc3ccccc3c2n1CCCN(Cc1ccc(CC(=O)O)cc1)C(=O)CN1CCN(C)CC1. The Bertz CT molecular complexity index is 1560. The summed E-state index contributed by atoms with van der Waals surface area (Å²) in [7, 11) is 3.78. The number of hydrogen-bond donors (Lipinski definition) is 2. The van der Waals surface area contributed by atoms with E-state index in [4.69, 9.17) is 20.6 Å². The zero-order valence-electron chi connectivity index (χ0n) is 25.0. The van der Waals surface area contributed by atoms with Gasteiger partial charge in [0.25, 0.3) is 0 Å². The molecule has 0 saturated carbocycles. The second kappa shape index (κ2) is 13.9. The van der Waals surface area contributed by atoms with E-state index in [2.05, 4.69) is 26.4 Å². The lowest BCUT2D eigenvalue weighted by Gasteiger charge is -2.33. The van der Waals surface area contributed by atoms with Gasteiger partial charge in [-0.05, 0) is 30.7 Å². The van der Waals surface area contributed by atoms with E-state index in [0.29, 0.717) is 57.0 Å². The molecule has 43 heavy (non-hydrogen) atoms. The van der Waals surface area contributed by atoms with Crippen LogP contribution in [0.4, 0.5) is 5.82 Å². The van der Waals surface area contributed by atoms with Crippen molar-refractivity contribution < 1.29 is 19.4 Å². The Hall–Kier alpha value is -4.06. The highest BCUT2D eigenvalue weighted by Crippen LogP contribution is 2.29. The molecule has 2 aromatic heterocycles. The summed E-state index contributed by atoms with van der Waals surface area (Å²) in [5, 5.41) is 10.1. The summed E-state index contributed by atoms with van der Waals surface area (Å²) in [4.78, 5) is 40.7. The number of ether oxygens (including phenoxy) is 1. The number of nitrogen functional groups attached to an aromatic ring is 1. The smallest absolute Gasteiger partial charge is 0.307 e. The predicted octanol–water partition coefficient (Wildman–Crippen LogP) is 2.65. The van der Waals surface area contributed by atoms with Gasteiger partial charge in [-0.25, -0.2) is 9.97 Å². The third kappa shape index (κ3) is 7.48. The van der Waals surface area contributed by atoms with Gasteiger partial charge in [0.1, 0.15) is 11.3 Å². The fourth-order valence-electron chi connectivity index (χ4n) is 5.70. The third-order valence-corrected chi connectivity index (χ3v) is 8.09. The molecule has 0 radical (unpaired) electrons. The number of aliphatic carboxylic acids is 1. The van der Waals surface area contributed by atoms with Crippen LogP contribution >= 0.6 is 0 Å². The number of hydrogen-bond acceptors (Lipinski definition) is 8. The number of carbonyl (C=O) groups is 2. The van der Waals surface area contributed by atoms with Crippen molar-refractivity contribution in [1.29, 1.82) is 0 Å². The maximum absolute atomic E-state index is 13.7. The number of aryl methyl sites for hydroxylation is 1. The van der Waals surface area contributed by atoms with Gasteiger partial charge in [0.2, 0.25) is 5.91 Å².